The molecule has 0 N–H and O–H groups in total. The molecular weight excluding hydrogens is 212 g/mol. The van der Waals surface area contributed by atoms with Gasteiger partial charge in [0.1, 0.15) is 5.82 Å². The van der Waals surface area contributed by atoms with Crippen LogP contribution >= 0.6 is 0 Å². The van der Waals surface area contributed by atoms with E-state index in [1.807, 2.05) is 45.1 Å². The summed E-state index contributed by atoms with van der Waals surface area (Å²) < 4.78 is 0. The number of anilines is 1. The second-order valence-electron chi connectivity index (χ2n) is 3.70. The summed E-state index contributed by atoms with van der Waals surface area (Å²) >= 11 is 0. The summed E-state index contributed by atoms with van der Waals surface area (Å²) in [4.78, 5) is 17.7. The molecule has 0 radical (unpaired) electrons. The second kappa shape index (κ2) is 6.63. The summed E-state index contributed by atoms with van der Waals surface area (Å²) in [6.45, 7) is 5.83. The molecule has 0 aliphatic heterocycles. The Bertz CT molecular complexity index is 418. The van der Waals surface area contributed by atoms with E-state index < -0.39 is 0 Å². The van der Waals surface area contributed by atoms with Gasteiger partial charge < -0.3 is 0 Å². The SMILES string of the molecule is C/C=C\N(C(=O)/C=C/CC)c1ccc(C)cn1. The molecule has 1 aromatic rings. The van der Waals surface area contributed by atoms with Crippen LogP contribution in [0.1, 0.15) is 25.8 Å². The standard InChI is InChI=1S/C14H18N2O/c1-4-6-7-14(17)16(10-5-2)13-9-8-12(3)11-15-13/h5-11H,4H2,1-3H3/b7-6+,10-5-. The van der Waals surface area contributed by atoms with Crippen LogP contribution in [0.2, 0.25) is 0 Å². The van der Waals surface area contributed by atoms with E-state index in [2.05, 4.69) is 4.98 Å². The predicted octanol–water partition coefficient (Wildman–Crippen LogP) is 3.22. The Kier molecular flexibility index (Phi) is 5.14. The third-order valence-electron chi connectivity index (χ3n) is 2.17. The summed E-state index contributed by atoms with van der Waals surface area (Å²) in [5.41, 5.74) is 1.07. The Balaban J connectivity index is 2.96. The van der Waals surface area contributed by atoms with Crippen molar-refractivity contribution in [1.82, 2.24) is 4.98 Å². The third-order valence-corrected chi connectivity index (χ3v) is 2.17. The van der Waals surface area contributed by atoms with Crippen molar-refractivity contribution < 1.29 is 4.79 Å². The van der Waals surface area contributed by atoms with Crippen molar-refractivity contribution in [2.24, 2.45) is 0 Å². The van der Waals surface area contributed by atoms with E-state index in [-0.39, 0.29) is 5.91 Å². The fraction of sp³-hybridized carbons (Fsp3) is 0.286. The molecule has 0 fully saturated rings. The van der Waals surface area contributed by atoms with Gasteiger partial charge in [0.25, 0.3) is 5.91 Å². The summed E-state index contributed by atoms with van der Waals surface area (Å²) in [6.07, 6.45) is 9.55. The molecule has 0 atom stereocenters. The lowest BCUT2D eigenvalue weighted by atomic mass is 10.3. The minimum atomic E-state index is -0.0821. The zero-order valence-corrected chi connectivity index (χ0v) is 10.6. The van der Waals surface area contributed by atoms with E-state index in [9.17, 15) is 4.79 Å². The van der Waals surface area contributed by atoms with Crippen molar-refractivity contribution in [1.29, 1.82) is 0 Å². The van der Waals surface area contributed by atoms with Crippen molar-refractivity contribution in [3.63, 3.8) is 0 Å². The molecule has 0 spiro atoms. The van der Waals surface area contributed by atoms with Gasteiger partial charge >= 0.3 is 0 Å². The average Bonchev–Trinajstić information content (AvgIpc) is 2.34. The van der Waals surface area contributed by atoms with E-state index in [0.717, 1.165) is 12.0 Å². The fourth-order valence-electron chi connectivity index (χ4n) is 1.31. The van der Waals surface area contributed by atoms with E-state index in [1.165, 1.54) is 4.90 Å². The highest BCUT2D eigenvalue weighted by Crippen LogP contribution is 2.12. The van der Waals surface area contributed by atoms with Crippen LogP contribution in [-0.2, 0) is 4.79 Å². The fourth-order valence-corrected chi connectivity index (χ4v) is 1.31. The highest BCUT2D eigenvalue weighted by atomic mass is 16.2. The number of rotatable bonds is 4. The summed E-state index contributed by atoms with van der Waals surface area (Å²) in [5, 5.41) is 0. The summed E-state index contributed by atoms with van der Waals surface area (Å²) in [5.74, 6) is 0.556. The van der Waals surface area contributed by atoms with Crippen molar-refractivity contribution in [3.05, 3.63) is 48.3 Å². The van der Waals surface area contributed by atoms with Gasteiger partial charge in [0, 0.05) is 12.4 Å². The lowest BCUT2D eigenvalue weighted by molar-refractivity contribution is -0.113. The number of pyridine rings is 1. The van der Waals surface area contributed by atoms with Gasteiger partial charge in [-0.05, 0) is 38.0 Å². The molecule has 1 rings (SSSR count). The van der Waals surface area contributed by atoms with Gasteiger partial charge in [-0.3, -0.25) is 9.69 Å². The molecule has 3 heteroatoms. The monoisotopic (exact) mass is 230 g/mol. The number of aromatic nitrogens is 1. The quantitative estimate of drug-likeness (QED) is 0.744. The summed E-state index contributed by atoms with van der Waals surface area (Å²) in [6, 6.07) is 3.78. The number of hydrogen-bond donors (Lipinski definition) is 0. The molecule has 1 amide bonds. The average molecular weight is 230 g/mol. The maximum Gasteiger partial charge on any atom is 0.255 e. The van der Waals surface area contributed by atoms with Crippen LogP contribution in [0.25, 0.3) is 0 Å². The van der Waals surface area contributed by atoms with E-state index in [0.29, 0.717) is 5.82 Å². The smallest absolute Gasteiger partial charge is 0.255 e. The van der Waals surface area contributed by atoms with Gasteiger partial charge in [-0.1, -0.05) is 25.1 Å². The third kappa shape index (κ3) is 3.87. The second-order valence-corrected chi connectivity index (χ2v) is 3.70. The molecule has 0 aromatic carbocycles. The molecule has 17 heavy (non-hydrogen) atoms. The molecule has 90 valence electrons. The van der Waals surface area contributed by atoms with Crippen LogP contribution in [-0.4, -0.2) is 10.9 Å². The molecule has 1 heterocycles. The number of hydrogen-bond acceptors (Lipinski definition) is 2. The van der Waals surface area contributed by atoms with Crippen LogP contribution in [0, 0.1) is 6.92 Å². The van der Waals surface area contributed by atoms with Crippen LogP contribution in [0.5, 0.6) is 0 Å². The predicted molar refractivity (Wildman–Crippen MR) is 70.7 cm³/mol. The first kappa shape index (κ1) is 13.2. The molecule has 0 aliphatic carbocycles. The van der Waals surface area contributed by atoms with Crippen molar-refractivity contribution >= 4 is 11.7 Å². The maximum atomic E-state index is 11.9. The highest BCUT2D eigenvalue weighted by Gasteiger charge is 2.10. The van der Waals surface area contributed by atoms with E-state index in [4.69, 9.17) is 0 Å². The number of carbonyl (C=O) groups is 1. The minimum absolute atomic E-state index is 0.0821. The number of nitrogens with zero attached hydrogens (tertiary/aromatic N) is 2. The van der Waals surface area contributed by atoms with Gasteiger partial charge in [-0.2, -0.15) is 0 Å². The molecule has 0 unspecified atom stereocenters. The molecule has 1 aromatic heterocycles. The van der Waals surface area contributed by atoms with Crippen LogP contribution < -0.4 is 4.90 Å². The normalized spacial score (nSPS) is 11.2. The Hall–Kier alpha value is -1.90. The Morgan fingerprint density at radius 2 is 2.24 bits per heavy atom. The van der Waals surface area contributed by atoms with Crippen molar-refractivity contribution in [2.45, 2.75) is 27.2 Å². The first-order valence-corrected chi connectivity index (χ1v) is 5.74. The molecule has 0 saturated carbocycles. The van der Waals surface area contributed by atoms with Crippen LogP contribution in [0.15, 0.2) is 42.8 Å². The Labute approximate surface area is 102 Å². The van der Waals surface area contributed by atoms with Gasteiger partial charge in [0.2, 0.25) is 0 Å². The van der Waals surface area contributed by atoms with Crippen molar-refractivity contribution in [2.75, 3.05) is 4.90 Å². The number of amides is 1. The number of aryl methyl sites for hydroxylation is 1. The van der Waals surface area contributed by atoms with E-state index in [1.54, 1.807) is 18.5 Å². The molecule has 0 aliphatic rings. The highest BCUT2D eigenvalue weighted by molar-refractivity contribution is 6.02. The van der Waals surface area contributed by atoms with Crippen molar-refractivity contribution in [3.8, 4) is 0 Å². The van der Waals surface area contributed by atoms with Gasteiger partial charge in [-0.25, -0.2) is 4.98 Å². The lowest BCUT2D eigenvalue weighted by Crippen LogP contribution is -2.23. The molecular formula is C14H18N2O. The first-order chi connectivity index (χ1) is 8.19. The van der Waals surface area contributed by atoms with E-state index >= 15 is 0 Å². The Morgan fingerprint density at radius 3 is 2.76 bits per heavy atom. The van der Waals surface area contributed by atoms with Gasteiger partial charge in [0.15, 0.2) is 0 Å². The zero-order chi connectivity index (χ0) is 12.7. The number of carbonyl (C=O) groups excluding carboxylic acids is 1. The lowest BCUT2D eigenvalue weighted by Gasteiger charge is -2.15. The topological polar surface area (TPSA) is 33.2 Å². The maximum absolute atomic E-state index is 11.9. The first-order valence-electron chi connectivity index (χ1n) is 5.74. The van der Waals surface area contributed by atoms with Gasteiger partial charge in [0.05, 0.1) is 0 Å². The zero-order valence-electron chi connectivity index (χ0n) is 10.6. The number of allylic oxidation sites excluding steroid dienone is 2. The van der Waals surface area contributed by atoms with Gasteiger partial charge in [-0.15, -0.1) is 0 Å². The molecule has 0 saturated heterocycles. The summed E-state index contributed by atoms with van der Waals surface area (Å²) in [7, 11) is 0. The largest absolute Gasteiger partial charge is 0.269 e. The van der Waals surface area contributed by atoms with Crippen LogP contribution in [0.4, 0.5) is 5.82 Å². The molecule has 0 bridgehead atoms. The molecule has 3 nitrogen and oxygen atoms in total. The minimum Gasteiger partial charge on any atom is -0.269 e. The van der Waals surface area contributed by atoms with Crippen LogP contribution in [0.3, 0.4) is 0 Å². The Morgan fingerprint density at radius 1 is 1.47 bits per heavy atom.